The number of nitrogens with one attached hydrogen (secondary N) is 1. The second kappa shape index (κ2) is 5.87. The minimum absolute atomic E-state index is 1.06. The molecule has 0 aliphatic heterocycles. The maximum atomic E-state index is 3.37. The molecular formula is C15H22N2. The van der Waals surface area contributed by atoms with Gasteiger partial charge in [0.15, 0.2) is 0 Å². The van der Waals surface area contributed by atoms with Gasteiger partial charge in [-0.15, -0.1) is 0 Å². The third-order valence-corrected chi connectivity index (χ3v) is 3.26. The molecule has 0 spiro atoms. The SMILES string of the molecule is CCNCCCn1ccc2cccc(CC)c21. The van der Waals surface area contributed by atoms with E-state index in [4.69, 9.17) is 0 Å². The Morgan fingerprint density at radius 1 is 1.18 bits per heavy atom. The molecule has 2 rings (SSSR count). The molecule has 0 aliphatic carbocycles. The highest BCUT2D eigenvalue weighted by molar-refractivity contribution is 5.83. The smallest absolute Gasteiger partial charge is 0.0512 e. The van der Waals surface area contributed by atoms with Crippen molar-refractivity contribution in [1.82, 2.24) is 9.88 Å². The van der Waals surface area contributed by atoms with Crippen LogP contribution in [0.15, 0.2) is 30.5 Å². The molecule has 2 aromatic rings. The van der Waals surface area contributed by atoms with Crippen LogP contribution in [0.1, 0.15) is 25.8 Å². The van der Waals surface area contributed by atoms with Gasteiger partial charge in [-0.25, -0.2) is 0 Å². The van der Waals surface area contributed by atoms with Gasteiger partial charge in [0.1, 0.15) is 0 Å². The topological polar surface area (TPSA) is 17.0 Å². The van der Waals surface area contributed by atoms with E-state index < -0.39 is 0 Å². The summed E-state index contributed by atoms with van der Waals surface area (Å²) in [6.07, 6.45) is 4.51. The van der Waals surface area contributed by atoms with Crippen LogP contribution >= 0.6 is 0 Å². The highest BCUT2D eigenvalue weighted by Gasteiger charge is 2.04. The summed E-state index contributed by atoms with van der Waals surface area (Å²) in [5, 5.41) is 4.74. The Hall–Kier alpha value is -1.28. The Labute approximate surface area is 104 Å². The van der Waals surface area contributed by atoms with Crippen LogP contribution in [0.3, 0.4) is 0 Å². The van der Waals surface area contributed by atoms with E-state index >= 15 is 0 Å². The van der Waals surface area contributed by atoms with Gasteiger partial charge in [0, 0.05) is 12.7 Å². The molecule has 0 unspecified atom stereocenters. The molecule has 1 heterocycles. The van der Waals surface area contributed by atoms with E-state index in [-0.39, 0.29) is 0 Å². The van der Waals surface area contributed by atoms with Crippen LogP contribution in [0.4, 0.5) is 0 Å². The van der Waals surface area contributed by atoms with Gasteiger partial charge in [0.2, 0.25) is 0 Å². The summed E-state index contributed by atoms with van der Waals surface area (Å²) in [4.78, 5) is 0. The van der Waals surface area contributed by atoms with Gasteiger partial charge in [-0.1, -0.05) is 32.0 Å². The van der Waals surface area contributed by atoms with Crippen molar-refractivity contribution in [2.45, 2.75) is 33.2 Å². The van der Waals surface area contributed by atoms with Gasteiger partial charge in [0.25, 0.3) is 0 Å². The summed E-state index contributed by atoms with van der Waals surface area (Å²) in [5.41, 5.74) is 2.88. The largest absolute Gasteiger partial charge is 0.347 e. The molecule has 0 fully saturated rings. The molecule has 1 N–H and O–H groups in total. The molecule has 0 aliphatic rings. The minimum atomic E-state index is 1.06. The molecule has 1 aromatic carbocycles. The summed E-state index contributed by atoms with van der Waals surface area (Å²) in [5.74, 6) is 0. The number of nitrogens with zero attached hydrogens (tertiary/aromatic N) is 1. The molecule has 0 saturated carbocycles. The van der Waals surface area contributed by atoms with Crippen molar-refractivity contribution in [3.05, 3.63) is 36.0 Å². The monoisotopic (exact) mass is 230 g/mol. The van der Waals surface area contributed by atoms with Crippen molar-refractivity contribution in [2.75, 3.05) is 13.1 Å². The van der Waals surface area contributed by atoms with Crippen LogP contribution in [-0.2, 0) is 13.0 Å². The van der Waals surface area contributed by atoms with Gasteiger partial charge < -0.3 is 9.88 Å². The number of fused-ring (bicyclic) bond motifs is 1. The molecule has 2 heteroatoms. The average molecular weight is 230 g/mol. The van der Waals surface area contributed by atoms with E-state index in [0.717, 1.165) is 26.1 Å². The quantitative estimate of drug-likeness (QED) is 0.754. The summed E-state index contributed by atoms with van der Waals surface area (Å²) in [6, 6.07) is 8.82. The molecule has 92 valence electrons. The van der Waals surface area contributed by atoms with Gasteiger partial charge in [0.05, 0.1) is 5.52 Å². The minimum Gasteiger partial charge on any atom is -0.347 e. The summed E-state index contributed by atoms with van der Waals surface area (Å²) in [7, 11) is 0. The Balaban J connectivity index is 2.16. The fourth-order valence-corrected chi connectivity index (χ4v) is 2.36. The number of hydrogen-bond acceptors (Lipinski definition) is 1. The number of hydrogen-bond donors (Lipinski definition) is 1. The number of aryl methyl sites for hydroxylation is 2. The van der Waals surface area contributed by atoms with Crippen molar-refractivity contribution in [2.24, 2.45) is 0 Å². The molecule has 2 nitrogen and oxygen atoms in total. The van der Waals surface area contributed by atoms with Crippen molar-refractivity contribution in [3.63, 3.8) is 0 Å². The van der Waals surface area contributed by atoms with Crippen molar-refractivity contribution >= 4 is 10.9 Å². The van der Waals surface area contributed by atoms with Crippen molar-refractivity contribution in [3.8, 4) is 0 Å². The predicted octanol–water partition coefficient (Wildman–Crippen LogP) is 3.20. The van der Waals surface area contributed by atoms with E-state index in [0.29, 0.717) is 0 Å². The third-order valence-electron chi connectivity index (χ3n) is 3.26. The first-order valence-corrected chi connectivity index (χ1v) is 6.64. The van der Waals surface area contributed by atoms with E-state index in [2.05, 4.69) is 54.2 Å². The second-order valence-corrected chi connectivity index (χ2v) is 4.42. The van der Waals surface area contributed by atoms with Gasteiger partial charge in [-0.2, -0.15) is 0 Å². The van der Waals surface area contributed by atoms with Gasteiger partial charge >= 0.3 is 0 Å². The number of aromatic nitrogens is 1. The van der Waals surface area contributed by atoms with Crippen LogP contribution in [0, 0.1) is 0 Å². The normalized spacial score (nSPS) is 11.2. The molecule has 0 amide bonds. The number of benzene rings is 1. The molecule has 0 bridgehead atoms. The van der Waals surface area contributed by atoms with Crippen LogP contribution in [0.25, 0.3) is 10.9 Å². The lowest BCUT2D eigenvalue weighted by Crippen LogP contribution is -2.15. The molecular weight excluding hydrogens is 208 g/mol. The molecule has 0 saturated heterocycles. The van der Waals surface area contributed by atoms with Crippen LogP contribution in [0.5, 0.6) is 0 Å². The molecule has 1 aromatic heterocycles. The Morgan fingerprint density at radius 3 is 2.82 bits per heavy atom. The van der Waals surface area contributed by atoms with Gasteiger partial charge in [-0.3, -0.25) is 0 Å². The first kappa shape index (κ1) is 12.2. The first-order valence-electron chi connectivity index (χ1n) is 6.64. The summed E-state index contributed by atoms with van der Waals surface area (Å²) >= 11 is 0. The molecule has 0 atom stereocenters. The highest BCUT2D eigenvalue weighted by Crippen LogP contribution is 2.21. The van der Waals surface area contributed by atoms with Crippen molar-refractivity contribution < 1.29 is 0 Å². The van der Waals surface area contributed by atoms with E-state index in [1.165, 1.54) is 22.9 Å². The second-order valence-electron chi connectivity index (χ2n) is 4.42. The van der Waals surface area contributed by atoms with Crippen LogP contribution < -0.4 is 5.32 Å². The van der Waals surface area contributed by atoms with Crippen molar-refractivity contribution in [1.29, 1.82) is 0 Å². The predicted molar refractivity (Wildman–Crippen MR) is 74.5 cm³/mol. The maximum Gasteiger partial charge on any atom is 0.0512 e. The zero-order valence-corrected chi connectivity index (χ0v) is 10.9. The molecule has 17 heavy (non-hydrogen) atoms. The maximum absolute atomic E-state index is 3.37. The van der Waals surface area contributed by atoms with Crippen LogP contribution in [0.2, 0.25) is 0 Å². The first-order chi connectivity index (χ1) is 8.36. The Bertz CT molecular complexity index is 471. The highest BCUT2D eigenvalue weighted by atomic mass is 15.0. The Morgan fingerprint density at radius 2 is 2.06 bits per heavy atom. The van der Waals surface area contributed by atoms with Gasteiger partial charge in [-0.05, 0) is 42.9 Å². The van der Waals surface area contributed by atoms with Crippen LogP contribution in [-0.4, -0.2) is 17.7 Å². The zero-order chi connectivity index (χ0) is 12.1. The molecule has 0 radical (unpaired) electrons. The average Bonchev–Trinajstić information content (AvgIpc) is 2.78. The Kier molecular flexibility index (Phi) is 4.21. The zero-order valence-electron chi connectivity index (χ0n) is 10.9. The standard InChI is InChI=1S/C15H22N2/c1-3-13-7-5-8-14-9-12-17(15(13)14)11-6-10-16-4-2/h5,7-9,12,16H,3-4,6,10-11H2,1-2H3. The van der Waals surface area contributed by atoms with E-state index in [9.17, 15) is 0 Å². The summed E-state index contributed by atoms with van der Waals surface area (Å²) < 4.78 is 2.39. The fraction of sp³-hybridized carbons (Fsp3) is 0.467. The number of rotatable bonds is 6. The lowest BCUT2D eigenvalue weighted by atomic mass is 10.1. The lowest BCUT2D eigenvalue weighted by molar-refractivity contribution is 0.603. The fourth-order valence-electron chi connectivity index (χ4n) is 2.36. The third kappa shape index (κ3) is 2.70. The number of para-hydroxylation sites is 1. The lowest BCUT2D eigenvalue weighted by Gasteiger charge is -2.09. The van der Waals surface area contributed by atoms with E-state index in [1.54, 1.807) is 0 Å². The summed E-state index contributed by atoms with van der Waals surface area (Å²) in [6.45, 7) is 7.65. The van der Waals surface area contributed by atoms with E-state index in [1.807, 2.05) is 0 Å².